The highest BCUT2D eigenvalue weighted by molar-refractivity contribution is 9.10. The quantitative estimate of drug-likeness (QED) is 0.698. The molecule has 0 saturated heterocycles. The van der Waals surface area contributed by atoms with Crippen LogP contribution in [-0.4, -0.2) is 19.8 Å². The average Bonchev–Trinajstić information content (AvgIpc) is 2.76. The first-order chi connectivity index (χ1) is 9.15. The molecule has 0 atom stereocenters. The van der Waals surface area contributed by atoms with E-state index in [-0.39, 0.29) is 5.88 Å². The van der Waals surface area contributed by atoms with Crippen molar-refractivity contribution >= 4 is 27.3 Å². The van der Waals surface area contributed by atoms with E-state index in [0.717, 1.165) is 4.52 Å². The minimum atomic E-state index is -0.430. The molecule has 0 aliphatic carbocycles. The van der Waals surface area contributed by atoms with E-state index in [0.29, 0.717) is 21.6 Å². The number of halogens is 1. The largest absolute Gasteiger partial charge is 0.434 e. The smallest absolute Gasteiger partial charge is 0.364 e. The molecular weight excluding hydrogens is 314 g/mol. The van der Waals surface area contributed by atoms with Crippen molar-refractivity contribution in [3.63, 3.8) is 0 Å². The number of nitrogens with one attached hydrogen (secondary N) is 1. The van der Waals surface area contributed by atoms with Gasteiger partial charge in [0.05, 0.1) is 10.2 Å². The number of nitrogen functional groups attached to an aromatic ring is 1. The number of para-hydroxylation sites is 1. The summed E-state index contributed by atoms with van der Waals surface area (Å²) in [6, 6.07) is 8.53. The molecule has 0 bridgehead atoms. The standard InChI is InChI=1S/C11H8BrN5O2/c12-6-2-1-3-7(13)10(6)19-9-5-4-8-14-15-11(18)17(8)16-9/h1-5H,13H2,(H,15,18). The van der Waals surface area contributed by atoms with Crippen LogP contribution in [0.4, 0.5) is 5.69 Å². The predicted molar refractivity (Wildman–Crippen MR) is 72.2 cm³/mol. The zero-order valence-electron chi connectivity index (χ0n) is 9.50. The Bertz CT molecular complexity index is 790. The number of aromatic amines is 1. The second-order valence-corrected chi connectivity index (χ2v) is 4.58. The molecule has 0 saturated carbocycles. The Balaban J connectivity index is 2.06. The van der Waals surface area contributed by atoms with Crippen LogP contribution in [-0.2, 0) is 0 Å². The zero-order valence-corrected chi connectivity index (χ0v) is 11.1. The van der Waals surface area contributed by atoms with Gasteiger partial charge in [-0.15, -0.1) is 5.10 Å². The lowest BCUT2D eigenvalue weighted by atomic mass is 10.3. The molecular formula is C11H8BrN5O2. The highest BCUT2D eigenvalue weighted by Crippen LogP contribution is 2.33. The third kappa shape index (κ3) is 2.06. The molecule has 0 unspecified atom stereocenters. The number of aromatic nitrogens is 4. The number of anilines is 1. The fourth-order valence-corrected chi connectivity index (χ4v) is 2.04. The molecule has 0 radical (unpaired) electrons. The molecule has 0 spiro atoms. The van der Waals surface area contributed by atoms with Crippen molar-refractivity contribution in [2.45, 2.75) is 0 Å². The van der Waals surface area contributed by atoms with E-state index in [1.807, 2.05) is 0 Å². The SMILES string of the molecule is Nc1cccc(Br)c1Oc1ccc2n[nH]c(=O)n2n1. The van der Waals surface area contributed by atoms with E-state index < -0.39 is 5.69 Å². The maximum Gasteiger partial charge on any atom is 0.364 e. The number of fused-ring (bicyclic) bond motifs is 1. The number of hydrogen-bond acceptors (Lipinski definition) is 5. The number of nitrogens with zero attached hydrogens (tertiary/aromatic N) is 3. The Kier molecular flexibility index (Phi) is 2.71. The number of rotatable bonds is 2. The van der Waals surface area contributed by atoms with Gasteiger partial charge in [0.25, 0.3) is 0 Å². The number of H-pyrrole nitrogens is 1. The van der Waals surface area contributed by atoms with Crippen molar-refractivity contribution in [1.82, 2.24) is 19.8 Å². The minimum absolute atomic E-state index is 0.245. The van der Waals surface area contributed by atoms with Crippen molar-refractivity contribution < 1.29 is 4.74 Å². The summed E-state index contributed by atoms with van der Waals surface area (Å²) in [5.41, 5.74) is 6.27. The van der Waals surface area contributed by atoms with E-state index in [2.05, 4.69) is 31.2 Å². The second-order valence-electron chi connectivity index (χ2n) is 3.73. The van der Waals surface area contributed by atoms with E-state index in [9.17, 15) is 4.79 Å². The van der Waals surface area contributed by atoms with Gasteiger partial charge in [-0.25, -0.2) is 9.89 Å². The van der Waals surface area contributed by atoms with Crippen molar-refractivity contribution in [3.05, 3.63) is 45.3 Å². The monoisotopic (exact) mass is 321 g/mol. The Morgan fingerprint density at radius 3 is 2.95 bits per heavy atom. The molecule has 8 heteroatoms. The fourth-order valence-electron chi connectivity index (χ4n) is 1.58. The zero-order chi connectivity index (χ0) is 13.4. The highest BCUT2D eigenvalue weighted by Gasteiger charge is 2.09. The third-order valence-electron chi connectivity index (χ3n) is 2.45. The van der Waals surface area contributed by atoms with Crippen molar-refractivity contribution in [2.24, 2.45) is 0 Å². The minimum Gasteiger partial charge on any atom is -0.434 e. The molecule has 3 aromatic rings. The lowest BCUT2D eigenvalue weighted by Crippen LogP contribution is -2.12. The van der Waals surface area contributed by atoms with Gasteiger partial charge in [-0.3, -0.25) is 0 Å². The average molecular weight is 322 g/mol. The van der Waals surface area contributed by atoms with Gasteiger partial charge in [0.15, 0.2) is 11.4 Å². The molecule has 19 heavy (non-hydrogen) atoms. The molecule has 0 aliphatic heterocycles. The van der Waals surface area contributed by atoms with Gasteiger partial charge in [0, 0.05) is 6.07 Å². The lowest BCUT2D eigenvalue weighted by molar-refractivity contribution is 0.451. The molecule has 3 N–H and O–H groups in total. The summed E-state index contributed by atoms with van der Waals surface area (Å²) >= 11 is 3.34. The Morgan fingerprint density at radius 2 is 2.16 bits per heavy atom. The van der Waals surface area contributed by atoms with Gasteiger partial charge in [0.1, 0.15) is 0 Å². The summed E-state index contributed by atoms with van der Waals surface area (Å²) in [7, 11) is 0. The van der Waals surface area contributed by atoms with Crippen LogP contribution in [0.5, 0.6) is 11.6 Å². The summed E-state index contributed by atoms with van der Waals surface area (Å²) in [5.74, 6) is 0.695. The fraction of sp³-hybridized carbons (Fsp3) is 0. The Hall–Kier alpha value is -2.35. The molecule has 0 amide bonds. The molecule has 96 valence electrons. The molecule has 2 aromatic heterocycles. The molecule has 7 nitrogen and oxygen atoms in total. The third-order valence-corrected chi connectivity index (χ3v) is 3.08. The van der Waals surface area contributed by atoms with Gasteiger partial charge in [-0.1, -0.05) is 6.07 Å². The first-order valence-corrected chi connectivity index (χ1v) is 6.11. The lowest BCUT2D eigenvalue weighted by Gasteiger charge is -2.08. The van der Waals surface area contributed by atoms with Crippen LogP contribution in [0, 0.1) is 0 Å². The van der Waals surface area contributed by atoms with Crippen LogP contribution in [0.15, 0.2) is 39.6 Å². The normalized spacial score (nSPS) is 10.8. The van der Waals surface area contributed by atoms with Crippen LogP contribution in [0.25, 0.3) is 5.65 Å². The van der Waals surface area contributed by atoms with Crippen LogP contribution < -0.4 is 16.2 Å². The molecule has 1 aromatic carbocycles. The van der Waals surface area contributed by atoms with E-state index in [1.165, 1.54) is 0 Å². The number of hydrogen-bond donors (Lipinski definition) is 2. The first-order valence-electron chi connectivity index (χ1n) is 5.31. The summed E-state index contributed by atoms with van der Waals surface area (Å²) in [6.45, 7) is 0. The van der Waals surface area contributed by atoms with Gasteiger partial charge in [0.2, 0.25) is 5.88 Å². The summed E-state index contributed by atoms with van der Waals surface area (Å²) < 4.78 is 7.40. The van der Waals surface area contributed by atoms with E-state index >= 15 is 0 Å². The van der Waals surface area contributed by atoms with Crippen LogP contribution in [0.3, 0.4) is 0 Å². The van der Waals surface area contributed by atoms with Crippen molar-refractivity contribution in [3.8, 4) is 11.6 Å². The summed E-state index contributed by atoms with van der Waals surface area (Å²) in [4.78, 5) is 11.4. The topological polar surface area (TPSA) is 98.3 Å². The number of nitrogens with two attached hydrogens (primary N) is 1. The van der Waals surface area contributed by atoms with Crippen molar-refractivity contribution in [1.29, 1.82) is 0 Å². The molecule has 2 heterocycles. The van der Waals surface area contributed by atoms with E-state index in [4.69, 9.17) is 10.5 Å². The van der Waals surface area contributed by atoms with Gasteiger partial charge >= 0.3 is 5.69 Å². The molecule has 0 fully saturated rings. The van der Waals surface area contributed by atoms with Crippen LogP contribution in [0.1, 0.15) is 0 Å². The van der Waals surface area contributed by atoms with E-state index in [1.54, 1.807) is 30.3 Å². The van der Waals surface area contributed by atoms with Gasteiger partial charge in [-0.2, -0.15) is 9.61 Å². The Labute approximate surface area is 115 Å². The van der Waals surface area contributed by atoms with Gasteiger partial charge < -0.3 is 10.5 Å². The first kappa shape index (κ1) is 11.7. The highest BCUT2D eigenvalue weighted by atomic mass is 79.9. The molecule has 3 rings (SSSR count). The predicted octanol–water partition coefficient (Wildman–Crippen LogP) is 1.55. The maximum absolute atomic E-state index is 11.4. The van der Waals surface area contributed by atoms with Crippen LogP contribution in [0.2, 0.25) is 0 Å². The number of ether oxygens (including phenoxy) is 1. The second kappa shape index (κ2) is 4.39. The summed E-state index contributed by atoms with van der Waals surface area (Å²) in [5, 5.41) is 10.1. The van der Waals surface area contributed by atoms with Crippen LogP contribution >= 0.6 is 15.9 Å². The van der Waals surface area contributed by atoms with Gasteiger partial charge in [-0.05, 0) is 34.1 Å². The van der Waals surface area contributed by atoms with Crippen molar-refractivity contribution in [2.75, 3.05) is 5.73 Å². The molecule has 0 aliphatic rings. The Morgan fingerprint density at radius 1 is 1.32 bits per heavy atom. The number of benzene rings is 1. The maximum atomic E-state index is 11.4. The summed E-state index contributed by atoms with van der Waals surface area (Å²) in [6.07, 6.45) is 0.